The molecule has 7 heteroatoms. The van der Waals surface area contributed by atoms with E-state index in [1.807, 2.05) is 5.01 Å². The predicted molar refractivity (Wildman–Crippen MR) is 62.1 cm³/mol. The fourth-order valence-corrected chi connectivity index (χ4v) is 2.84. The number of aromatic hydroxyl groups is 1. The van der Waals surface area contributed by atoms with E-state index in [2.05, 4.69) is 5.18 Å². The molecule has 1 aliphatic rings. The van der Waals surface area contributed by atoms with E-state index >= 15 is 0 Å². The van der Waals surface area contributed by atoms with Gasteiger partial charge in [-0.3, -0.25) is 0 Å². The molecular weight excluding hydrogens is 234 g/mol. The van der Waals surface area contributed by atoms with Gasteiger partial charge in [0, 0.05) is 13.1 Å². The van der Waals surface area contributed by atoms with E-state index in [0.717, 1.165) is 37.3 Å². The Balaban J connectivity index is 2.37. The highest BCUT2D eigenvalue weighted by Crippen LogP contribution is 2.34. The number of piperidine rings is 1. The van der Waals surface area contributed by atoms with Crippen molar-refractivity contribution in [3.05, 3.63) is 8.86 Å². The van der Waals surface area contributed by atoms with Crippen molar-refractivity contribution < 1.29 is 5.11 Å². The first-order valence-corrected chi connectivity index (χ1v) is 6.00. The summed E-state index contributed by atoms with van der Waals surface area (Å²) in [5.41, 5.74) is 0. The number of aromatic nitrogens is 1. The summed E-state index contributed by atoms with van der Waals surface area (Å²) in [6, 6.07) is 0. The third kappa shape index (κ3) is 1.89. The molecule has 1 N–H and O–H groups in total. The SMILES string of the molecule is O=Nc1sc(=S)n(N2CCCCC2)c1O. The number of thiazole rings is 1. The van der Waals surface area contributed by atoms with E-state index in [1.165, 1.54) is 11.1 Å². The standard InChI is InChI=1S/C8H11N3O2S2/c12-7-6(9-13)15-8(14)11(7)10-4-2-1-3-5-10/h12H,1-5H2. The van der Waals surface area contributed by atoms with Crippen LogP contribution in [0, 0.1) is 8.86 Å². The van der Waals surface area contributed by atoms with Crippen LogP contribution >= 0.6 is 23.6 Å². The molecule has 15 heavy (non-hydrogen) atoms. The van der Waals surface area contributed by atoms with Crippen LogP contribution < -0.4 is 5.01 Å². The van der Waals surface area contributed by atoms with Gasteiger partial charge in [-0.15, -0.1) is 4.91 Å². The van der Waals surface area contributed by atoms with Gasteiger partial charge in [-0.25, -0.2) is 4.68 Å². The summed E-state index contributed by atoms with van der Waals surface area (Å²) in [5, 5.41) is 14.5. The second kappa shape index (κ2) is 4.28. The summed E-state index contributed by atoms with van der Waals surface area (Å²) in [4.78, 5) is 10.4. The number of nitrogens with zero attached hydrogens (tertiary/aromatic N) is 3. The molecule has 1 saturated heterocycles. The van der Waals surface area contributed by atoms with Crippen molar-refractivity contribution in [2.45, 2.75) is 19.3 Å². The minimum absolute atomic E-state index is 0.0607. The molecule has 5 nitrogen and oxygen atoms in total. The van der Waals surface area contributed by atoms with Crippen molar-refractivity contribution in [3.63, 3.8) is 0 Å². The fourth-order valence-electron chi connectivity index (χ4n) is 1.73. The zero-order chi connectivity index (χ0) is 10.8. The van der Waals surface area contributed by atoms with Crippen molar-refractivity contribution in [2.24, 2.45) is 5.18 Å². The normalized spacial score (nSPS) is 16.7. The van der Waals surface area contributed by atoms with Crippen LogP contribution in [-0.2, 0) is 0 Å². The lowest BCUT2D eigenvalue weighted by molar-refractivity contribution is 0.386. The molecule has 82 valence electrons. The molecule has 2 rings (SSSR count). The van der Waals surface area contributed by atoms with Gasteiger partial charge in [-0.2, -0.15) is 0 Å². The molecule has 0 bridgehead atoms. The number of hydrogen-bond donors (Lipinski definition) is 1. The van der Waals surface area contributed by atoms with Crippen molar-refractivity contribution in [1.82, 2.24) is 4.68 Å². The van der Waals surface area contributed by atoms with Gasteiger partial charge in [-0.1, -0.05) is 11.3 Å². The van der Waals surface area contributed by atoms with Crippen molar-refractivity contribution >= 4 is 28.6 Å². The molecule has 1 aromatic rings. The lowest BCUT2D eigenvalue weighted by atomic mass is 10.2. The number of hydrogen-bond acceptors (Lipinski definition) is 6. The highest BCUT2D eigenvalue weighted by Gasteiger charge is 2.19. The van der Waals surface area contributed by atoms with Crippen molar-refractivity contribution in [2.75, 3.05) is 18.1 Å². The van der Waals surface area contributed by atoms with Gasteiger partial charge in [0.1, 0.15) is 0 Å². The molecule has 2 heterocycles. The van der Waals surface area contributed by atoms with E-state index in [0.29, 0.717) is 3.95 Å². The number of nitroso groups, excluding NO2 is 1. The van der Waals surface area contributed by atoms with Crippen LogP contribution in [0.25, 0.3) is 0 Å². The van der Waals surface area contributed by atoms with E-state index < -0.39 is 0 Å². The van der Waals surface area contributed by atoms with E-state index in [4.69, 9.17) is 12.2 Å². The van der Waals surface area contributed by atoms with Gasteiger partial charge >= 0.3 is 0 Å². The van der Waals surface area contributed by atoms with Gasteiger partial charge in [0.2, 0.25) is 5.00 Å². The smallest absolute Gasteiger partial charge is 0.253 e. The molecular formula is C8H11N3O2S2. The Labute approximate surface area is 95.9 Å². The van der Waals surface area contributed by atoms with Gasteiger partial charge in [0.05, 0.1) is 0 Å². The van der Waals surface area contributed by atoms with Crippen molar-refractivity contribution in [1.29, 1.82) is 0 Å². The quantitative estimate of drug-likeness (QED) is 0.642. The maximum absolute atomic E-state index is 10.4. The Hall–Kier alpha value is -0.950. The summed E-state index contributed by atoms with van der Waals surface area (Å²) < 4.78 is 2.00. The Kier molecular flexibility index (Phi) is 3.01. The maximum atomic E-state index is 10.4. The van der Waals surface area contributed by atoms with Crippen LogP contribution in [0.4, 0.5) is 5.00 Å². The molecule has 1 fully saturated rings. The zero-order valence-electron chi connectivity index (χ0n) is 8.05. The molecule has 0 saturated carbocycles. The molecule has 0 atom stereocenters. The highest BCUT2D eigenvalue weighted by atomic mass is 32.1. The summed E-state index contributed by atoms with van der Waals surface area (Å²) >= 11 is 6.13. The average Bonchev–Trinajstić information content (AvgIpc) is 2.55. The van der Waals surface area contributed by atoms with Crippen LogP contribution in [0.1, 0.15) is 19.3 Å². The lowest BCUT2D eigenvalue weighted by Crippen LogP contribution is -2.38. The van der Waals surface area contributed by atoms with Crippen LogP contribution in [0.5, 0.6) is 5.88 Å². The third-order valence-corrected chi connectivity index (χ3v) is 3.67. The van der Waals surface area contributed by atoms with Gasteiger partial charge in [0.25, 0.3) is 5.88 Å². The molecule has 0 aromatic carbocycles. The zero-order valence-corrected chi connectivity index (χ0v) is 9.68. The minimum Gasteiger partial charge on any atom is -0.491 e. The predicted octanol–water partition coefficient (Wildman–Crippen LogP) is 2.50. The first-order chi connectivity index (χ1) is 7.24. The Bertz CT molecular complexity index is 420. The summed E-state index contributed by atoms with van der Waals surface area (Å²) in [5.74, 6) is -0.123. The highest BCUT2D eigenvalue weighted by molar-refractivity contribution is 7.73. The fraction of sp³-hybridized carbons (Fsp3) is 0.625. The summed E-state index contributed by atoms with van der Waals surface area (Å²) in [6.07, 6.45) is 3.37. The molecule has 1 aliphatic heterocycles. The van der Waals surface area contributed by atoms with Crippen molar-refractivity contribution in [3.8, 4) is 5.88 Å². The second-order valence-corrected chi connectivity index (χ2v) is 5.04. The number of rotatable bonds is 2. The monoisotopic (exact) mass is 245 g/mol. The molecule has 0 unspecified atom stereocenters. The molecule has 0 radical (unpaired) electrons. The molecule has 1 aromatic heterocycles. The molecule has 0 spiro atoms. The lowest BCUT2D eigenvalue weighted by Gasteiger charge is -2.29. The maximum Gasteiger partial charge on any atom is 0.253 e. The Morgan fingerprint density at radius 3 is 2.53 bits per heavy atom. The third-order valence-electron chi connectivity index (χ3n) is 2.45. The first kappa shape index (κ1) is 10.6. The van der Waals surface area contributed by atoms with Crippen LogP contribution in [0.3, 0.4) is 0 Å². The Morgan fingerprint density at radius 1 is 1.33 bits per heavy atom. The van der Waals surface area contributed by atoms with E-state index in [-0.39, 0.29) is 10.9 Å². The largest absolute Gasteiger partial charge is 0.491 e. The Morgan fingerprint density at radius 2 is 2.00 bits per heavy atom. The van der Waals surface area contributed by atoms with Crippen LogP contribution in [0.15, 0.2) is 5.18 Å². The second-order valence-electron chi connectivity index (χ2n) is 3.41. The average molecular weight is 245 g/mol. The van der Waals surface area contributed by atoms with Crippen LogP contribution in [-0.4, -0.2) is 22.9 Å². The first-order valence-electron chi connectivity index (χ1n) is 4.77. The minimum atomic E-state index is -0.123. The molecule has 0 aliphatic carbocycles. The van der Waals surface area contributed by atoms with E-state index in [1.54, 1.807) is 0 Å². The van der Waals surface area contributed by atoms with Crippen LogP contribution in [0.2, 0.25) is 0 Å². The topological polar surface area (TPSA) is 57.8 Å². The van der Waals surface area contributed by atoms with Gasteiger partial charge < -0.3 is 10.1 Å². The summed E-state index contributed by atoms with van der Waals surface area (Å²) in [6.45, 7) is 1.72. The molecule has 0 amide bonds. The van der Waals surface area contributed by atoms with Gasteiger partial charge in [-0.05, 0) is 36.7 Å². The van der Waals surface area contributed by atoms with E-state index in [9.17, 15) is 10.0 Å². The summed E-state index contributed by atoms with van der Waals surface area (Å²) in [7, 11) is 0. The van der Waals surface area contributed by atoms with Gasteiger partial charge in [0.15, 0.2) is 3.95 Å².